The van der Waals surface area contributed by atoms with Crippen molar-refractivity contribution in [3.8, 4) is 11.5 Å². The summed E-state index contributed by atoms with van der Waals surface area (Å²) >= 11 is 0. The van der Waals surface area contributed by atoms with Crippen LogP contribution in [0.2, 0.25) is 0 Å². The lowest BCUT2D eigenvalue weighted by Crippen LogP contribution is -2.59. The van der Waals surface area contributed by atoms with E-state index >= 15 is 9.59 Å². The first-order valence-electron chi connectivity index (χ1n) is 33.2. The minimum atomic E-state index is -1.56. The summed E-state index contributed by atoms with van der Waals surface area (Å²) in [5, 5.41) is 49.9. The molecule has 4 aromatic rings. The Labute approximate surface area is 557 Å². The van der Waals surface area contributed by atoms with Crippen LogP contribution in [0.3, 0.4) is 0 Å². The van der Waals surface area contributed by atoms with E-state index in [1.807, 2.05) is 61.5 Å². The van der Waals surface area contributed by atoms with Crippen molar-refractivity contribution in [2.45, 2.75) is 213 Å². The van der Waals surface area contributed by atoms with Gasteiger partial charge in [0, 0.05) is 52.0 Å². The van der Waals surface area contributed by atoms with Crippen molar-refractivity contribution in [1.82, 2.24) is 36.8 Å². The summed E-state index contributed by atoms with van der Waals surface area (Å²) in [7, 11) is 0. The van der Waals surface area contributed by atoms with Crippen LogP contribution in [0.15, 0.2) is 103 Å². The number of allylic oxidation sites excluding steroid dienone is 2. The van der Waals surface area contributed by atoms with Gasteiger partial charge in [-0.25, -0.2) is 0 Å². The van der Waals surface area contributed by atoms with Gasteiger partial charge in [0.2, 0.25) is 47.3 Å². The van der Waals surface area contributed by atoms with Gasteiger partial charge in [0.15, 0.2) is 17.3 Å². The lowest BCUT2D eigenvalue weighted by atomic mass is 9.77. The molecule has 0 unspecified atom stereocenters. The molecule has 11 atom stereocenters. The van der Waals surface area contributed by atoms with E-state index in [1.165, 1.54) is 49.9 Å². The van der Waals surface area contributed by atoms with E-state index in [1.54, 1.807) is 58.9 Å². The molecule has 95 heavy (non-hydrogen) atoms. The van der Waals surface area contributed by atoms with Crippen LogP contribution in [-0.2, 0) is 72.0 Å². The average Bonchev–Trinajstić information content (AvgIpc) is 1.77. The number of nitrogens with two attached hydrogens (primary N) is 1. The van der Waals surface area contributed by atoms with Gasteiger partial charge in [-0.2, -0.15) is 0 Å². The van der Waals surface area contributed by atoms with Gasteiger partial charge < -0.3 is 57.9 Å². The van der Waals surface area contributed by atoms with Crippen molar-refractivity contribution >= 4 is 75.4 Å². The molecular formula is C73H98N8O14. The van der Waals surface area contributed by atoms with E-state index < -0.39 is 148 Å². The summed E-state index contributed by atoms with van der Waals surface area (Å²) in [4.78, 5) is 158. The van der Waals surface area contributed by atoms with E-state index in [-0.39, 0.29) is 69.4 Å². The Balaban J connectivity index is 1.30. The number of fused-ring (bicyclic) bond motifs is 1. The number of carbonyl (C=O) groups is 11. The highest BCUT2D eigenvalue weighted by Crippen LogP contribution is 2.34. The number of hydrogen-bond donors (Lipinski definition) is 10. The van der Waals surface area contributed by atoms with E-state index in [0.717, 1.165) is 10.8 Å². The van der Waals surface area contributed by atoms with Crippen LogP contribution in [0.4, 0.5) is 0 Å². The molecule has 2 aliphatic rings. The number of phenolic OH excluding ortho intramolecular Hbond substituents is 2. The molecular weight excluding hydrogens is 1210 g/mol. The highest BCUT2D eigenvalue weighted by atomic mass is 16.3. The molecule has 0 aliphatic carbocycles. The number of nitrogens with zero attached hydrogens (tertiary/aromatic N) is 1. The predicted molar refractivity (Wildman–Crippen MR) is 360 cm³/mol. The van der Waals surface area contributed by atoms with E-state index in [2.05, 4.69) is 31.9 Å². The molecule has 0 bridgehead atoms. The third-order valence-electron chi connectivity index (χ3n) is 18.4. The maximum absolute atomic E-state index is 15.4. The number of aliphatic hydroxyl groups excluding tert-OH is 1. The molecule has 2 heterocycles. The van der Waals surface area contributed by atoms with Crippen LogP contribution >= 0.6 is 0 Å². The molecule has 6 rings (SSSR count). The number of aliphatic hydroxyl groups is 1. The molecule has 1 fully saturated rings. The van der Waals surface area contributed by atoms with Crippen molar-refractivity contribution in [3.05, 3.63) is 120 Å². The molecule has 4 aromatic carbocycles. The Hall–Kier alpha value is -8.79. The van der Waals surface area contributed by atoms with Crippen LogP contribution in [0, 0.1) is 22.2 Å². The number of amides is 8. The number of phenols is 2. The smallest absolute Gasteiger partial charge is 0.246 e. The van der Waals surface area contributed by atoms with Gasteiger partial charge >= 0.3 is 0 Å². The van der Waals surface area contributed by atoms with Gasteiger partial charge in [-0.05, 0) is 129 Å². The fourth-order valence-corrected chi connectivity index (χ4v) is 12.6. The number of likely N-dealkylation sites (tertiary alicyclic amines) is 1. The quantitative estimate of drug-likeness (QED) is 0.0384. The number of ketones is 3. The normalized spacial score (nSPS) is 23.2. The topological polar surface area (TPSA) is 350 Å². The van der Waals surface area contributed by atoms with Gasteiger partial charge in [0.05, 0.1) is 41.0 Å². The first kappa shape index (κ1) is 75.2. The maximum atomic E-state index is 15.4. The molecule has 514 valence electrons. The SMILES string of the molecule is CCC[C@@H]1NC(=O)[C@H](Cc2ccc(O)cc2)NC(=O)[C@H](C)NC(=O)[C@@](C)(CC(=O)[C@H](Cc2cccc3ccccc23)NC(=O)[C@@H](CC(=O)[C@@H]2CCCN2C(=O)[C@H](Cc2ccc(O)cc2)NC(=O)[C@@H](NC(C)=O)C(C)(C)C)[C@@H](C)O)CCC/C=C/CCC[C@@](C)(C(N)=O)CC1=O. The van der Waals surface area contributed by atoms with E-state index in [9.17, 15) is 58.5 Å². The number of primary amides is 1. The Morgan fingerprint density at radius 3 is 1.94 bits per heavy atom. The summed E-state index contributed by atoms with van der Waals surface area (Å²) in [6.45, 7) is 14.5. The highest BCUT2D eigenvalue weighted by Gasteiger charge is 2.44. The minimum Gasteiger partial charge on any atom is -0.508 e. The fraction of sp³-hybridized carbons (Fsp3) is 0.521. The lowest BCUT2D eigenvalue weighted by molar-refractivity contribution is -0.143. The number of Topliss-reactive ketones (excluding diaryl/α,β-unsaturated/α-hetero) is 3. The Morgan fingerprint density at radius 1 is 0.726 bits per heavy atom. The minimum absolute atomic E-state index is 0.0220. The fourth-order valence-electron chi connectivity index (χ4n) is 12.6. The van der Waals surface area contributed by atoms with E-state index in [0.29, 0.717) is 55.2 Å². The molecule has 0 saturated carbocycles. The number of nitrogens with one attached hydrogen (secondary N) is 6. The summed E-state index contributed by atoms with van der Waals surface area (Å²) < 4.78 is 0. The zero-order valence-corrected chi connectivity index (χ0v) is 56.4. The summed E-state index contributed by atoms with van der Waals surface area (Å²) in [6.07, 6.45) is 4.32. The van der Waals surface area contributed by atoms with Gasteiger partial charge in [-0.3, -0.25) is 52.7 Å². The molecule has 0 aromatic heterocycles. The number of rotatable bonds is 22. The summed E-state index contributed by atoms with van der Waals surface area (Å²) in [5.74, 6) is -8.47. The Kier molecular flexibility index (Phi) is 27.0. The van der Waals surface area contributed by atoms with Crippen LogP contribution < -0.4 is 37.6 Å². The second-order valence-electron chi connectivity index (χ2n) is 27.5. The molecule has 22 heteroatoms. The van der Waals surface area contributed by atoms with Crippen LogP contribution in [0.25, 0.3) is 10.8 Å². The molecule has 8 amide bonds. The second-order valence-corrected chi connectivity index (χ2v) is 27.5. The molecule has 22 nitrogen and oxygen atoms in total. The number of carbonyl (C=O) groups excluding carboxylic acids is 11. The molecule has 1 saturated heterocycles. The van der Waals surface area contributed by atoms with Crippen molar-refractivity contribution < 1.29 is 68.1 Å². The van der Waals surface area contributed by atoms with Crippen molar-refractivity contribution in [3.63, 3.8) is 0 Å². The van der Waals surface area contributed by atoms with Gasteiger partial charge in [-0.1, -0.05) is 127 Å². The predicted octanol–water partition coefficient (Wildman–Crippen LogP) is 6.35. The third kappa shape index (κ3) is 21.4. The zero-order chi connectivity index (χ0) is 70.0. The largest absolute Gasteiger partial charge is 0.508 e. The highest BCUT2D eigenvalue weighted by molar-refractivity contribution is 6.00. The Morgan fingerprint density at radius 2 is 1.33 bits per heavy atom. The van der Waals surface area contributed by atoms with Crippen LogP contribution in [0.5, 0.6) is 11.5 Å². The van der Waals surface area contributed by atoms with Crippen LogP contribution in [-0.4, -0.2) is 140 Å². The molecule has 0 radical (unpaired) electrons. The maximum Gasteiger partial charge on any atom is 0.246 e. The van der Waals surface area contributed by atoms with Crippen molar-refractivity contribution in [1.29, 1.82) is 0 Å². The first-order chi connectivity index (χ1) is 44.8. The van der Waals surface area contributed by atoms with Gasteiger partial charge in [0.1, 0.15) is 35.7 Å². The second kappa shape index (κ2) is 34.1. The first-order valence-corrected chi connectivity index (χ1v) is 33.2. The number of benzene rings is 4. The number of aromatic hydroxyl groups is 2. The molecule has 11 N–H and O–H groups in total. The summed E-state index contributed by atoms with van der Waals surface area (Å²) in [6, 6.07) is 16.6. The molecule has 0 spiro atoms. The Bertz CT molecular complexity index is 3430. The zero-order valence-electron chi connectivity index (χ0n) is 56.4. The van der Waals surface area contributed by atoms with Gasteiger partial charge in [0.25, 0.3) is 0 Å². The lowest BCUT2D eigenvalue weighted by Gasteiger charge is -2.33. The van der Waals surface area contributed by atoms with Crippen molar-refractivity contribution in [2.24, 2.45) is 27.9 Å². The molecule has 2 aliphatic heterocycles. The van der Waals surface area contributed by atoms with Crippen molar-refractivity contribution in [2.75, 3.05) is 6.54 Å². The summed E-state index contributed by atoms with van der Waals surface area (Å²) in [5.41, 5.74) is 4.13. The standard InChI is InChI=1S/C73H98N8O14/c1-10-21-55-61(87)42-72(8,69(74)94)35-17-13-11-12-14-18-36-73(9,70(95)75-44(2)64(89)79-57(66(91)77-55)38-47-27-31-51(84)32-28-47)43-62(88)56(40-50-24-19-23-49-22-15-16-25-53(49)50)78-65(90)54(45(3)82)41-60(86)59-26-20-37-81(59)68(93)58(39-48-29-33-52(85)34-30-48)80-67(92)63(71(5,6)7)76-46(4)83/h11-12,15-16,19,22-25,27-34,44-45,54-59,63,82,84-85H,10,13-14,17-18,20-21,26,35-43H2,1-9H3,(H2,74,94)(H,75,95)(H,76,83)(H,77,91)(H,78,90)(H,79,89)(H,80,92)/b12-11+/t44-,45+,54-,55-,56-,57-,58-,59-,63+,72+,73+/m0/s1. The number of hydrogen-bond acceptors (Lipinski definition) is 14. The monoisotopic (exact) mass is 1310 g/mol. The average molecular weight is 1310 g/mol. The van der Waals surface area contributed by atoms with Gasteiger partial charge in [-0.15, -0.1) is 0 Å². The van der Waals surface area contributed by atoms with E-state index in [4.69, 9.17) is 5.73 Å². The van der Waals surface area contributed by atoms with Crippen LogP contribution in [0.1, 0.15) is 162 Å². The third-order valence-corrected chi connectivity index (χ3v) is 18.4.